The number of aldehydes is 1. The van der Waals surface area contributed by atoms with Crippen LogP contribution in [0, 0.1) is 0 Å². The summed E-state index contributed by atoms with van der Waals surface area (Å²) < 4.78 is 10.8. The van der Waals surface area contributed by atoms with Crippen LogP contribution in [0.4, 0.5) is 11.4 Å². The number of anilines is 2. The fourth-order valence-electron chi connectivity index (χ4n) is 2.70. The predicted molar refractivity (Wildman–Crippen MR) is 95.4 cm³/mol. The number of carbonyl (C=O) groups is 2. The molecule has 130 valence electrons. The lowest BCUT2D eigenvalue weighted by molar-refractivity contribution is -0.118. The number of ether oxygens (including phenoxy) is 2. The molecule has 0 aromatic heterocycles. The van der Waals surface area contributed by atoms with Gasteiger partial charge in [-0.2, -0.15) is 0 Å². The summed E-state index contributed by atoms with van der Waals surface area (Å²) in [6.07, 6.45) is 0.709. The Hall–Kier alpha value is -2.86. The Morgan fingerprint density at radius 2 is 1.84 bits per heavy atom. The Morgan fingerprint density at radius 1 is 1.12 bits per heavy atom. The van der Waals surface area contributed by atoms with Gasteiger partial charge in [-0.15, -0.1) is 0 Å². The highest BCUT2D eigenvalue weighted by atomic mass is 16.5. The Balaban J connectivity index is 1.64. The van der Waals surface area contributed by atoms with Gasteiger partial charge in [0.1, 0.15) is 5.75 Å². The molecule has 0 saturated carbocycles. The zero-order valence-corrected chi connectivity index (χ0v) is 13.8. The largest absolute Gasteiger partial charge is 0.483 e. The third-order valence-corrected chi connectivity index (χ3v) is 3.93. The number of nitrogens with zero attached hydrogens (tertiary/aromatic N) is 1. The number of benzene rings is 2. The molecule has 25 heavy (non-hydrogen) atoms. The molecule has 0 aliphatic carbocycles. The monoisotopic (exact) mass is 340 g/mol. The first-order valence-electron chi connectivity index (χ1n) is 8.16. The number of amides is 1. The van der Waals surface area contributed by atoms with Crippen LogP contribution >= 0.6 is 0 Å². The van der Waals surface area contributed by atoms with Gasteiger partial charge in [0.2, 0.25) is 0 Å². The minimum Gasteiger partial charge on any atom is -0.483 e. The van der Waals surface area contributed by atoms with E-state index in [0.29, 0.717) is 30.8 Å². The van der Waals surface area contributed by atoms with Gasteiger partial charge in [0, 0.05) is 13.1 Å². The average Bonchev–Trinajstić information content (AvgIpc) is 2.67. The first-order valence-corrected chi connectivity index (χ1v) is 8.16. The van der Waals surface area contributed by atoms with E-state index in [4.69, 9.17) is 9.47 Å². The van der Waals surface area contributed by atoms with Gasteiger partial charge in [-0.3, -0.25) is 9.59 Å². The van der Waals surface area contributed by atoms with Crippen molar-refractivity contribution >= 4 is 23.6 Å². The van der Waals surface area contributed by atoms with E-state index in [-0.39, 0.29) is 12.5 Å². The summed E-state index contributed by atoms with van der Waals surface area (Å²) in [6, 6.07) is 14.5. The maximum absolute atomic E-state index is 12.3. The summed E-state index contributed by atoms with van der Waals surface area (Å²) in [7, 11) is 0. The lowest BCUT2D eigenvalue weighted by Crippen LogP contribution is -2.37. The molecule has 6 nitrogen and oxygen atoms in total. The molecule has 1 fully saturated rings. The zero-order chi connectivity index (χ0) is 17.5. The van der Waals surface area contributed by atoms with Gasteiger partial charge < -0.3 is 19.7 Å². The van der Waals surface area contributed by atoms with Gasteiger partial charge >= 0.3 is 0 Å². The molecule has 3 rings (SSSR count). The molecule has 2 aromatic carbocycles. The minimum absolute atomic E-state index is 0.164. The summed E-state index contributed by atoms with van der Waals surface area (Å²) in [4.78, 5) is 25.4. The number of para-hydroxylation sites is 3. The predicted octanol–water partition coefficient (Wildman–Crippen LogP) is 2.35. The van der Waals surface area contributed by atoms with Crippen molar-refractivity contribution in [3.63, 3.8) is 0 Å². The Labute approximate surface area is 146 Å². The second-order valence-electron chi connectivity index (χ2n) is 5.61. The molecule has 1 aliphatic rings. The molecule has 1 N–H and O–H groups in total. The van der Waals surface area contributed by atoms with Crippen LogP contribution in [-0.4, -0.2) is 45.1 Å². The molecule has 1 aliphatic heterocycles. The maximum atomic E-state index is 12.3. The highest BCUT2D eigenvalue weighted by Crippen LogP contribution is 2.26. The SMILES string of the molecule is O=Cc1ccccc1OCC(=O)Nc1ccccc1N1CCOCC1. The molecular formula is C19H20N2O4. The van der Waals surface area contributed by atoms with Crippen molar-refractivity contribution in [3.05, 3.63) is 54.1 Å². The lowest BCUT2D eigenvalue weighted by Gasteiger charge is -2.30. The number of rotatable bonds is 6. The van der Waals surface area contributed by atoms with Crippen LogP contribution < -0.4 is 15.0 Å². The van der Waals surface area contributed by atoms with E-state index >= 15 is 0 Å². The molecule has 0 bridgehead atoms. The molecule has 1 amide bonds. The van der Waals surface area contributed by atoms with E-state index in [2.05, 4.69) is 10.2 Å². The summed E-state index contributed by atoms with van der Waals surface area (Å²) in [5.74, 6) is 0.121. The van der Waals surface area contributed by atoms with Crippen molar-refractivity contribution in [1.29, 1.82) is 0 Å². The van der Waals surface area contributed by atoms with E-state index in [1.54, 1.807) is 24.3 Å². The van der Waals surface area contributed by atoms with Crippen molar-refractivity contribution in [2.24, 2.45) is 0 Å². The van der Waals surface area contributed by atoms with Crippen LogP contribution in [0.25, 0.3) is 0 Å². The van der Waals surface area contributed by atoms with Crippen LogP contribution in [-0.2, 0) is 9.53 Å². The first kappa shape index (κ1) is 17.0. The fraction of sp³-hybridized carbons (Fsp3) is 0.263. The van der Waals surface area contributed by atoms with Gasteiger partial charge in [0.25, 0.3) is 5.91 Å². The second-order valence-corrected chi connectivity index (χ2v) is 5.61. The molecule has 0 unspecified atom stereocenters. The lowest BCUT2D eigenvalue weighted by atomic mass is 10.2. The summed E-state index contributed by atoms with van der Waals surface area (Å²) in [5.41, 5.74) is 2.12. The Morgan fingerprint density at radius 3 is 2.64 bits per heavy atom. The van der Waals surface area contributed by atoms with Gasteiger partial charge in [0.05, 0.1) is 30.2 Å². The summed E-state index contributed by atoms with van der Waals surface area (Å²) in [5, 5.41) is 2.88. The summed E-state index contributed by atoms with van der Waals surface area (Å²) >= 11 is 0. The third kappa shape index (κ3) is 4.36. The molecular weight excluding hydrogens is 320 g/mol. The summed E-state index contributed by atoms with van der Waals surface area (Å²) in [6.45, 7) is 2.76. The molecule has 2 aromatic rings. The molecule has 6 heteroatoms. The van der Waals surface area contributed by atoms with Crippen LogP contribution in [0.15, 0.2) is 48.5 Å². The van der Waals surface area contributed by atoms with Crippen LogP contribution in [0.1, 0.15) is 10.4 Å². The molecule has 0 atom stereocenters. The van der Waals surface area contributed by atoms with Gasteiger partial charge in [-0.25, -0.2) is 0 Å². The van der Waals surface area contributed by atoms with E-state index in [1.165, 1.54) is 0 Å². The Kier molecular flexibility index (Phi) is 5.64. The van der Waals surface area contributed by atoms with E-state index < -0.39 is 0 Å². The number of hydrogen-bond donors (Lipinski definition) is 1. The van der Waals surface area contributed by atoms with Crippen molar-refractivity contribution in [3.8, 4) is 5.75 Å². The molecule has 0 spiro atoms. The van der Waals surface area contributed by atoms with E-state index in [9.17, 15) is 9.59 Å². The maximum Gasteiger partial charge on any atom is 0.262 e. The van der Waals surface area contributed by atoms with Crippen LogP contribution in [0.2, 0.25) is 0 Å². The quantitative estimate of drug-likeness (QED) is 0.818. The van der Waals surface area contributed by atoms with E-state index in [0.717, 1.165) is 24.5 Å². The average molecular weight is 340 g/mol. The van der Waals surface area contributed by atoms with Crippen LogP contribution in [0.5, 0.6) is 5.75 Å². The van der Waals surface area contributed by atoms with Crippen molar-refractivity contribution in [2.45, 2.75) is 0 Å². The fourth-order valence-corrected chi connectivity index (χ4v) is 2.70. The minimum atomic E-state index is -0.276. The second kappa shape index (κ2) is 8.30. The van der Waals surface area contributed by atoms with E-state index in [1.807, 2.05) is 24.3 Å². The zero-order valence-electron chi connectivity index (χ0n) is 13.8. The molecule has 1 saturated heterocycles. The van der Waals surface area contributed by atoms with Gasteiger partial charge in [0.15, 0.2) is 12.9 Å². The molecule has 1 heterocycles. The highest BCUT2D eigenvalue weighted by molar-refractivity contribution is 5.95. The smallest absolute Gasteiger partial charge is 0.262 e. The van der Waals surface area contributed by atoms with Gasteiger partial charge in [-0.1, -0.05) is 24.3 Å². The van der Waals surface area contributed by atoms with Crippen LogP contribution in [0.3, 0.4) is 0 Å². The normalized spacial score (nSPS) is 14.0. The Bertz CT molecular complexity index is 742. The first-order chi connectivity index (χ1) is 12.3. The van der Waals surface area contributed by atoms with Crippen molar-refractivity contribution in [1.82, 2.24) is 0 Å². The van der Waals surface area contributed by atoms with Crippen molar-refractivity contribution < 1.29 is 19.1 Å². The number of nitrogens with one attached hydrogen (secondary N) is 1. The number of carbonyl (C=O) groups excluding carboxylic acids is 2. The third-order valence-electron chi connectivity index (χ3n) is 3.93. The topological polar surface area (TPSA) is 67.9 Å². The standard InChI is InChI=1S/C19H20N2O4/c22-13-15-5-1-4-8-18(15)25-14-19(23)20-16-6-2-3-7-17(16)21-9-11-24-12-10-21/h1-8,13H,9-12,14H2,(H,20,23). The number of hydrogen-bond acceptors (Lipinski definition) is 5. The molecule has 0 radical (unpaired) electrons. The highest BCUT2D eigenvalue weighted by Gasteiger charge is 2.16. The van der Waals surface area contributed by atoms with Crippen molar-refractivity contribution in [2.75, 3.05) is 43.1 Å². The number of morpholine rings is 1. The van der Waals surface area contributed by atoms with Gasteiger partial charge in [-0.05, 0) is 24.3 Å².